The summed E-state index contributed by atoms with van der Waals surface area (Å²) in [5.41, 5.74) is 0. The molecular weight excluding hydrogens is 124 g/mol. The highest BCUT2D eigenvalue weighted by molar-refractivity contribution is 5.75. The lowest BCUT2D eigenvalue weighted by Gasteiger charge is -1.71. The third-order valence-electron chi connectivity index (χ3n) is 0.247. The van der Waals surface area contributed by atoms with Gasteiger partial charge in [0.15, 0.2) is 0 Å². The second-order valence-electron chi connectivity index (χ2n) is 1.02. The van der Waals surface area contributed by atoms with E-state index in [1.165, 1.54) is 6.92 Å². The average molecular weight is 132 g/mol. The van der Waals surface area contributed by atoms with Crippen LogP contribution in [-0.2, 0) is 9.59 Å². The monoisotopic (exact) mass is 132 g/mol. The maximum absolute atomic E-state index is 9.31. The molecule has 0 unspecified atom stereocenters. The molecule has 0 aliphatic carbocycles. The number of aliphatic carboxylic acids is 2. The molecule has 0 spiro atoms. The van der Waals surface area contributed by atoms with Crippen molar-refractivity contribution >= 4 is 11.9 Å². The molecule has 0 atom stereocenters. The van der Waals surface area contributed by atoms with Gasteiger partial charge in [0, 0.05) is 0 Å². The Hall–Kier alpha value is -1.06. The summed E-state index contributed by atoms with van der Waals surface area (Å²) in [5, 5.41) is 15.0. The van der Waals surface area contributed by atoms with Gasteiger partial charge in [0.05, 0.1) is 13.3 Å². The number of hydrogen-bond donors (Lipinski definition) is 2. The second-order valence-corrected chi connectivity index (χ2v) is 1.02. The smallest absolute Gasteiger partial charge is 0.307 e. The van der Waals surface area contributed by atoms with Crippen LogP contribution < -0.4 is 0 Å². The van der Waals surface area contributed by atoms with Crippen LogP contribution in [0, 0.1) is 13.3 Å². The molecule has 0 saturated heterocycles. The van der Waals surface area contributed by atoms with E-state index in [9.17, 15) is 4.79 Å². The van der Waals surface area contributed by atoms with E-state index in [-0.39, 0.29) is 0 Å². The van der Waals surface area contributed by atoms with Gasteiger partial charge >= 0.3 is 11.9 Å². The summed E-state index contributed by atoms with van der Waals surface area (Å²) >= 11 is 0. The Bertz CT molecular complexity index is 93.1. The number of rotatable bonds is 1. The van der Waals surface area contributed by atoms with Crippen molar-refractivity contribution in [2.45, 2.75) is 6.92 Å². The van der Waals surface area contributed by atoms with Gasteiger partial charge in [-0.15, -0.1) is 0 Å². The summed E-state index contributed by atoms with van der Waals surface area (Å²) in [6.07, 6.45) is 1.08. The predicted octanol–water partition coefficient (Wildman–Crippen LogP) is 0.200. The summed E-state index contributed by atoms with van der Waals surface area (Å²) in [5.74, 6) is -1.95. The molecule has 2 radical (unpaired) electrons. The van der Waals surface area contributed by atoms with Crippen molar-refractivity contribution in [2.75, 3.05) is 0 Å². The van der Waals surface area contributed by atoms with Gasteiger partial charge in [-0.25, -0.2) is 0 Å². The fourth-order valence-corrected chi connectivity index (χ4v) is 0. The topological polar surface area (TPSA) is 74.6 Å². The standard InChI is InChI=1S/C3H5O2.C2H3O2/c1-2-3(4)5;1-2(3)4/h2H,1H3,(H,4,5);1H2,(H,3,4). The molecule has 4 nitrogen and oxygen atoms in total. The maximum atomic E-state index is 9.31. The Labute approximate surface area is 53.1 Å². The van der Waals surface area contributed by atoms with Gasteiger partial charge < -0.3 is 10.2 Å². The average Bonchev–Trinajstić information content (AvgIpc) is 1.65. The van der Waals surface area contributed by atoms with Crippen LogP contribution in [-0.4, -0.2) is 22.2 Å². The largest absolute Gasteiger partial charge is 0.481 e. The SMILES string of the molecule is C[CH]C(=O)O.[CH2]C(=O)O. The van der Waals surface area contributed by atoms with E-state index in [0.29, 0.717) is 0 Å². The lowest BCUT2D eigenvalue weighted by molar-refractivity contribution is -0.133. The van der Waals surface area contributed by atoms with E-state index in [1.54, 1.807) is 0 Å². The Balaban J connectivity index is 0. The zero-order chi connectivity index (χ0) is 7.86. The van der Waals surface area contributed by atoms with Gasteiger partial charge in [-0.3, -0.25) is 9.59 Å². The molecule has 0 aliphatic heterocycles. The van der Waals surface area contributed by atoms with Crippen molar-refractivity contribution in [3.63, 3.8) is 0 Å². The molecular formula is C5H8O4. The normalized spacial score (nSPS) is 6.89. The third-order valence-corrected chi connectivity index (χ3v) is 0.247. The van der Waals surface area contributed by atoms with Crippen LogP contribution in [0.2, 0.25) is 0 Å². The summed E-state index contributed by atoms with van der Waals surface area (Å²) < 4.78 is 0. The van der Waals surface area contributed by atoms with Gasteiger partial charge in [0.1, 0.15) is 0 Å². The van der Waals surface area contributed by atoms with Crippen molar-refractivity contribution in [2.24, 2.45) is 0 Å². The van der Waals surface area contributed by atoms with Gasteiger partial charge in [0.25, 0.3) is 0 Å². The van der Waals surface area contributed by atoms with Crippen molar-refractivity contribution in [3.8, 4) is 0 Å². The predicted molar refractivity (Wildman–Crippen MR) is 30.6 cm³/mol. The molecule has 9 heavy (non-hydrogen) atoms. The van der Waals surface area contributed by atoms with Crippen LogP contribution in [0.15, 0.2) is 0 Å². The maximum Gasteiger partial charge on any atom is 0.307 e. The van der Waals surface area contributed by atoms with Gasteiger partial charge in [-0.05, 0) is 0 Å². The zero-order valence-electron chi connectivity index (χ0n) is 5.00. The summed E-state index contributed by atoms with van der Waals surface area (Å²) in [6, 6.07) is 0. The van der Waals surface area contributed by atoms with Crippen molar-refractivity contribution in [1.29, 1.82) is 0 Å². The Morgan fingerprint density at radius 2 is 1.56 bits per heavy atom. The van der Waals surface area contributed by atoms with Crippen molar-refractivity contribution in [3.05, 3.63) is 13.3 Å². The first-order chi connectivity index (χ1) is 4.00. The highest BCUT2D eigenvalue weighted by atomic mass is 16.4. The highest BCUT2D eigenvalue weighted by Crippen LogP contribution is 1.64. The number of carboxylic acid groups (broad SMARTS) is 2. The first-order valence-corrected chi connectivity index (χ1v) is 2.08. The first kappa shape index (κ1) is 10.8. The van der Waals surface area contributed by atoms with E-state index in [2.05, 4.69) is 6.92 Å². The molecule has 0 heterocycles. The molecule has 0 aromatic rings. The van der Waals surface area contributed by atoms with E-state index < -0.39 is 11.9 Å². The molecule has 4 heteroatoms. The van der Waals surface area contributed by atoms with Crippen molar-refractivity contribution < 1.29 is 19.8 Å². The van der Waals surface area contributed by atoms with Crippen LogP contribution >= 0.6 is 0 Å². The van der Waals surface area contributed by atoms with Crippen LogP contribution in [0.3, 0.4) is 0 Å². The lowest BCUT2D eigenvalue weighted by atomic mass is 10.5. The Morgan fingerprint density at radius 1 is 1.44 bits per heavy atom. The highest BCUT2D eigenvalue weighted by Gasteiger charge is 1.81. The Kier molecular flexibility index (Phi) is 8.36. The number of carboxylic acids is 2. The fourth-order valence-electron chi connectivity index (χ4n) is 0. The minimum atomic E-state index is -1.08. The molecule has 2 N–H and O–H groups in total. The number of hydrogen-bond acceptors (Lipinski definition) is 2. The quantitative estimate of drug-likeness (QED) is 0.534. The van der Waals surface area contributed by atoms with E-state index in [0.717, 1.165) is 6.42 Å². The molecule has 0 aromatic carbocycles. The summed E-state index contributed by atoms with van der Waals surface area (Å²) in [6.45, 7) is 4.03. The Morgan fingerprint density at radius 3 is 1.56 bits per heavy atom. The second kappa shape index (κ2) is 6.94. The molecule has 0 amide bonds. The molecule has 0 fully saturated rings. The fraction of sp³-hybridized carbons (Fsp3) is 0.200. The molecule has 0 aromatic heterocycles. The molecule has 52 valence electrons. The molecule has 0 bridgehead atoms. The van der Waals surface area contributed by atoms with E-state index in [4.69, 9.17) is 15.0 Å². The minimum Gasteiger partial charge on any atom is -0.481 e. The van der Waals surface area contributed by atoms with Crippen LogP contribution in [0.1, 0.15) is 6.92 Å². The lowest BCUT2D eigenvalue weighted by Crippen LogP contribution is -1.88. The van der Waals surface area contributed by atoms with Crippen molar-refractivity contribution in [1.82, 2.24) is 0 Å². The van der Waals surface area contributed by atoms with Crippen LogP contribution in [0.5, 0.6) is 0 Å². The van der Waals surface area contributed by atoms with Crippen LogP contribution in [0.25, 0.3) is 0 Å². The summed E-state index contributed by atoms with van der Waals surface area (Å²) in [4.78, 5) is 18.2. The zero-order valence-corrected chi connectivity index (χ0v) is 5.00. The molecule has 0 rings (SSSR count). The van der Waals surface area contributed by atoms with Gasteiger partial charge in [0.2, 0.25) is 0 Å². The molecule has 0 aliphatic rings. The summed E-state index contributed by atoms with van der Waals surface area (Å²) in [7, 11) is 0. The van der Waals surface area contributed by atoms with E-state index >= 15 is 0 Å². The minimum absolute atomic E-state index is 0.870. The van der Waals surface area contributed by atoms with Crippen LogP contribution in [0.4, 0.5) is 0 Å². The van der Waals surface area contributed by atoms with Gasteiger partial charge in [-0.2, -0.15) is 0 Å². The number of carbonyl (C=O) groups is 2. The first-order valence-electron chi connectivity index (χ1n) is 2.08. The van der Waals surface area contributed by atoms with E-state index in [1.807, 2.05) is 0 Å². The van der Waals surface area contributed by atoms with Gasteiger partial charge in [-0.1, -0.05) is 6.92 Å². The third kappa shape index (κ3) is 192. The molecule has 0 saturated carbocycles.